The molecule has 56 valence electrons. The topological polar surface area (TPSA) is 49.8 Å². The van der Waals surface area contributed by atoms with E-state index in [-0.39, 0.29) is 12.0 Å². The summed E-state index contributed by atoms with van der Waals surface area (Å²) in [5.74, 6) is -0.794. The monoisotopic (exact) mass is 142 g/mol. The third-order valence-corrected chi connectivity index (χ3v) is 2.35. The zero-order valence-electron chi connectivity index (χ0n) is 5.62. The van der Waals surface area contributed by atoms with E-state index in [0.717, 1.165) is 19.3 Å². The Balaban J connectivity index is 1.94. The molecule has 1 saturated carbocycles. The second kappa shape index (κ2) is 1.95. The Kier molecular flexibility index (Phi) is 1.20. The molecular weight excluding hydrogens is 132 g/mol. The molecule has 1 heterocycles. The van der Waals surface area contributed by atoms with Gasteiger partial charge in [0.25, 0.3) is 0 Å². The summed E-state index contributed by atoms with van der Waals surface area (Å²) in [6.45, 7) is 0. The van der Waals surface area contributed by atoms with E-state index in [4.69, 9.17) is 9.84 Å². The van der Waals surface area contributed by atoms with Gasteiger partial charge in [0.1, 0.15) is 0 Å². The number of carbonyl (C=O) groups is 1. The molecule has 3 atom stereocenters. The fraction of sp³-hybridized carbons (Fsp3) is 0.857. The molecule has 0 aromatic rings. The molecule has 0 bridgehead atoms. The average molecular weight is 142 g/mol. The van der Waals surface area contributed by atoms with Crippen LogP contribution in [0.4, 0.5) is 0 Å². The van der Waals surface area contributed by atoms with Gasteiger partial charge in [0, 0.05) is 0 Å². The Labute approximate surface area is 59.0 Å². The molecule has 0 amide bonds. The molecule has 0 aromatic heterocycles. The van der Waals surface area contributed by atoms with Gasteiger partial charge in [-0.3, -0.25) is 4.79 Å². The van der Waals surface area contributed by atoms with Crippen LogP contribution in [0.3, 0.4) is 0 Å². The molecule has 2 aliphatic rings. The minimum Gasteiger partial charge on any atom is -0.481 e. The lowest BCUT2D eigenvalue weighted by molar-refractivity contribution is -0.142. The normalized spacial score (nSPS) is 44.2. The number of ether oxygens (including phenoxy) is 1. The van der Waals surface area contributed by atoms with Crippen molar-refractivity contribution in [2.75, 3.05) is 0 Å². The minimum atomic E-state index is -0.658. The summed E-state index contributed by atoms with van der Waals surface area (Å²) in [6.07, 6.45) is 3.18. The molecule has 0 radical (unpaired) electrons. The lowest BCUT2D eigenvalue weighted by Crippen LogP contribution is -2.21. The van der Waals surface area contributed by atoms with Gasteiger partial charge < -0.3 is 9.84 Å². The van der Waals surface area contributed by atoms with Crippen molar-refractivity contribution in [2.24, 2.45) is 5.92 Å². The summed E-state index contributed by atoms with van der Waals surface area (Å²) >= 11 is 0. The van der Waals surface area contributed by atoms with Gasteiger partial charge in [0.15, 0.2) is 0 Å². The van der Waals surface area contributed by atoms with Crippen molar-refractivity contribution in [1.29, 1.82) is 0 Å². The van der Waals surface area contributed by atoms with Gasteiger partial charge in [-0.25, -0.2) is 0 Å². The number of carboxylic acid groups (broad SMARTS) is 1. The zero-order valence-corrected chi connectivity index (χ0v) is 5.62. The number of fused-ring (bicyclic) bond motifs is 1. The third kappa shape index (κ3) is 0.904. The quantitative estimate of drug-likeness (QED) is 0.546. The predicted molar refractivity (Wildman–Crippen MR) is 33.6 cm³/mol. The predicted octanol–water partition coefficient (Wildman–Crippen LogP) is 0.638. The summed E-state index contributed by atoms with van der Waals surface area (Å²) in [5.41, 5.74) is 0. The number of hydrogen-bond acceptors (Lipinski definition) is 2. The van der Waals surface area contributed by atoms with Crippen molar-refractivity contribution in [1.82, 2.24) is 0 Å². The highest BCUT2D eigenvalue weighted by Gasteiger charge is 2.45. The Morgan fingerprint density at radius 1 is 1.40 bits per heavy atom. The van der Waals surface area contributed by atoms with Gasteiger partial charge in [-0.05, 0) is 19.3 Å². The van der Waals surface area contributed by atoms with Crippen LogP contribution in [0.5, 0.6) is 0 Å². The van der Waals surface area contributed by atoms with Crippen LogP contribution in [0.25, 0.3) is 0 Å². The van der Waals surface area contributed by atoms with Gasteiger partial charge >= 0.3 is 5.97 Å². The fourth-order valence-electron chi connectivity index (χ4n) is 1.63. The van der Waals surface area contributed by atoms with E-state index in [1.807, 2.05) is 0 Å². The maximum atomic E-state index is 10.5. The first-order valence-corrected chi connectivity index (χ1v) is 3.65. The van der Waals surface area contributed by atoms with E-state index in [1.165, 1.54) is 0 Å². The van der Waals surface area contributed by atoms with Crippen molar-refractivity contribution in [3.63, 3.8) is 0 Å². The molecule has 2 unspecified atom stereocenters. The largest absolute Gasteiger partial charge is 0.481 e. The molecule has 10 heavy (non-hydrogen) atoms. The highest BCUT2D eigenvalue weighted by molar-refractivity contribution is 5.70. The van der Waals surface area contributed by atoms with Crippen LogP contribution < -0.4 is 0 Å². The van der Waals surface area contributed by atoms with Crippen LogP contribution in [0.2, 0.25) is 0 Å². The van der Waals surface area contributed by atoms with Crippen LogP contribution >= 0.6 is 0 Å². The van der Waals surface area contributed by atoms with Crippen LogP contribution in [-0.4, -0.2) is 23.3 Å². The third-order valence-electron chi connectivity index (χ3n) is 2.35. The first-order valence-electron chi connectivity index (χ1n) is 3.65. The molecule has 1 N–H and O–H groups in total. The lowest BCUT2D eigenvalue weighted by atomic mass is 9.90. The summed E-state index contributed by atoms with van der Waals surface area (Å²) in [7, 11) is 0. The molecular formula is C7H10O3. The summed E-state index contributed by atoms with van der Waals surface area (Å²) in [5, 5.41) is 8.62. The van der Waals surface area contributed by atoms with E-state index >= 15 is 0 Å². The SMILES string of the molecule is O=C(O)[C@H]1CCC2OC2C1. The highest BCUT2D eigenvalue weighted by Crippen LogP contribution is 2.39. The zero-order chi connectivity index (χ0) is 7.14. The Morgan fingerprint density at radius 3 is 2.80 bits per heavy atom. The van der Waals surface area contributed by atoms with Crippen molar-refractivity contribution in [3.8, 4) is 0 Å². The van der Waals surface area contributed by atoms with Crippen LogP contribution in [0.15, 0.2) is 0 Å². The average Bonchev–Trinajstić information content (AvgIpc) is 2.63. The highest BCUT2D eigenvalue weighted by atomic mass is 16.6. The molecule has 1 aliphatic carbocycles. The lowest BCUT2D eigenvalue weighted by Gasteiger charge is -2.12. The van der Waals surface area contributed by atoms with Crippen LogP contribution in [0.1, 0.15) is 19.3 Å². The number of aliphatic carboxylic acids is 1. The van der Waals surface area contributed by atoms with E-state index < -0.39 is 5.97 Å². The minimum absolute atomic E-state index is 0.135. The Morgan fingerprint density at radius 2 is 2.20 bits per heavy atom. The van der Waals surface area contributed by atoms with E-state index in [9.17, 15) is 4.79 Å². The van der Waals surface area contributed by atoms with Gasteiger partial charge in [0.2, 0.25) is 0 Å². The van der Waals surface area contributed by atoms with Crippen molar-refractivity contribution in [3.05, 3.63) is 0 Å². The standard InChI is InChI=1S/C7H10O3/c8-7(9)4-1-2-5-6(3-4)10-5/h4-6H,1-3H2,(H,8,9)/t4-,5?,6?/m0/s1. The second-order valence-electron chi connectivity index (χ2n) is 3.06. The van der Waals surface area contributed by atoms with Crippen molar-refractivity contribution >= 4 is 5.97 Å². The molecule has 1 aliphatic heterocycles. The number of rotatable bonds is 1. The number of carboxylic acids is 1. The van der Waals surface area contributed by atoms with Gasteiger partial charge in [0.05, 0.1) is 18.1 Å². The van der Waals surface area contributed by atoms with Crippen LogP contribution in [0, 0.1) is 5.92 Å². The number of hydrogen-bond donors (Lipinski definition) is 1. The maximum absolute atomic E-state index is 10.5. The molecule has 3 nitrogen and oxygen atoms in total. The smallest absolute Gasteiger partial charge is 0.306 e. The van der Waals surface area contributed by atoms with Crippen molar-refractivity contribution < 1.29 is 14.6 Å². The van der Waals surface area contributed by atoms with E-state index in [1.54, 1.807) is 0 Å². The first kappa shape index (κ1) is 6.16. The number of epoxide rings is 1. The molecule has 1 saturated heterocycles. The summed E-state index contributed by atoms with van der Waals surface area (Å²) in [6, 6.07) is 0. The molecule has 2 fully saturated rings. The van der Waals surface area contributed by atoms with Gasteiger partial charge in [-0.15, -0.1) is 0 Å². The van der Waals surface area contributed by atoms with E-state index in [0.29, 0.717) is 6.10 Å². The maximum Gasteiger partial charge on any atom is 0.306 e. The summed E-state index contributed by atoms with van der Waals surface area (Å²) < 4.78 is 5.19. The molecule has 0 spiro atoms. The molecule has 0 aromatic carbocycles. The van der Waals surface area contributed by atoms with Gasteiger partial charge in [-0.1, -0.05) is 0 Å². The molecule has 2 rings (SSSR count). The summed E-state index contributed by atoms with van der Waals surface area (Å²) in [4.78, 5) is 10.5. The fourth-order valence-corrected chi connectivity index (χ4v) is 1.63. The van der Waals surface area contributed by atoms with Crippen molar-refractivity contribution in [2.45, 2.75) is 31.5 Å². The van der Waals surface area contributed by atoms with E-state index in [2.05, 4.69) is 0 Å². The first-order chi connectivity index (χ1) is 4.77. The molecule has 3 heteroatoms. The second-order valence-corrected chi connectivity index (χ2v) is 3.06. The van der Waals surface area contributed by atoms with Crippen LogP contribution in [-0.2, 0) is 9.53 Å². The van der Waals surface area contributed by atoms with Gasteiger partial charge in [-0.2, -0.15) is 0 Å². The Hall–Kier alpha value is -0.570. The Bertz CT molecular complexity index is 166.